The summed E-state index contributed by atoms with van der Waals surface area (Å²) in [6, 6.07) is 7.02. The quantitative estimate of drug-likeness (QED) is 0.855. The smallest absolute Gasteiger partial charge is 0.152 e. The Hall–Kier alpha value is -1.05. The molecule has 8 heteroatoms. The molecule has 1 aliphatic rings. The van der Waals surface area contributed by atoms with Gasteiger partial charge in [0.15, 0.2) is 9.84 Å². The van der Waals surface area contributed by atoms with Gasteiger partial charge in [0.1, 0.15) is 5.82 Å². The van der Waals surface area contributed by atoms with Crippen LogP contribution in [0.3, 0.4) is 0 Å². The van der Waals surface area contributed by atoms with E-state index in [2.05, 4.69) is 21.0 Å². The first-order valence-corrected chi connectivity index (χ1v) is 9.35. The lowest BCUT2D eigenvalue weighted by atomic mass is 10.1. The Morgan fingerprint density at radius 2 is 2.10 bits per heavy atom. The molecule has 1 aromatic heterocycles. The van der Waals surface area contributed by atoms with Gasteiger partial charge < -0.3 is 5.73 Å². The molecule has 21 heavy (non-hydrogen) atoms. The topological polar surface area (TPSA) is 78.0 Å². The highest BCUT2D eigenvalue weighted by Crippen LogP contribution is 2.31. The van der Waals surface area contributed by atoms with Gasteiger partial charge in [-0.05, 0) is 24.6 Å². The molecule has 2 N–H and O–H groups in total. The highest BCUT2D eigenvalue weighted by Gasteiger charge is 2.31. The minimum atomic E-state index is -2.97. The van der Waals surface area contributed by atoms with E-state index in [1.807, 2.05) is 6.07 Å². The van der Waals surface area contributed by atoms with E-state index in [0.717, 1.165) is 10.0 Å². The van der Waals surface area contributed by atoms with E-state index < -0.39 is 9.84 Å². The Morgan fingerprint density at radius 3 is 2.71 bits per heavy atom. The van der Waals surface area contributed by atoms with Crippen molar-refractivity contribution in [1.82, 2.24) is 9.78 Å². The maximum atomic E-state index is 11.6. The number of nitrogens with two attached hydrogens (primary N) is 1. The second-order valence-electron chi connectivity index (χ2n) is 5.11. The number of aromatic nitrogens is 2. The van der Waals surface area contributed by atoms with E-state index >= 15 is 0 Å². The van der Waals surface area contributed by atoms with Gasteiger partial charge in [0, 0.05) is 21.1 Å². The van der Waals surface area contributed by atoms with Gasteiger partial charge in [-0.2, -0.15) is 5.10 Å². The first-order chi connectivity index (χ1) is 9.84. The number of halogens is 2. The summed E-state index contributed by atoms with van der Waals surface area (Å²) in [5, 5.41) is 5.05. The summed E-state index contributed by atoms with van der Waals surface area (Å²) in [6.07, 6.45) is 0.549. The molecule has 1 saturated heterocycles. The van der Waals surface area contributed by atoms with Crippen molar-refractivity contribution in [3.63, 3.8) is 0 Å². The maximum Gasteiger partial charge on any atom is 0.152 e. The molecule has 2 aromatic rings. The number of rotatable bonds is 2. The molecule has 2 heterocycles. The highest BCUT2D eigenvalue weighted by atomic mass is 79.9. The molecule has 0 bridgehead atoms. The lowest BCUT2D eigenvalue weighted by Crippen LogP contribution is -2.14. The third-order valence-corrected chi connectivity index (χ3v) is 5.90. The van der Waals surface area contributed by atoms with Crippen molar-refractivity contribution in [2.75, 3.05) is 17.2 Å². The minimum Gasteiger partial charge on any atom is -0.384 e. The van der Waals surface area contributed by atoms with Crippen LogP contribution in [0.25, 0.3) is 11.3 Å². The Morgan fingerprint density at radius 1 is 1.33 bits per heavy atom. The summed E-state index contributed by atoms with van der Waals surface area (Å²) in [5.74, 6) is 0.746. The molecule has 0 aliphatic carbocycles. The van der Waals surface area contributed by atoms with Gasteiger partial charge in [0.25, 0.3) is 0 Å². The predicted octanol–water partition coefficient (Wildman–Crippen LogP) is 2.91. The largest absolute Gasteiger partial charge is 0.384 e. The first-order valence-electron chi connectivity index (χ1n) is 6.36. The van der Waals surface area contributed by atoms with E-state index in [1.54, 1.807) is 22.9 Å². The van der Waals surface area contributed by atoms with Gasteiger partial charge in [0.05, 0.1) is 23.2 Å². The summed E-state index contributed by atoms with van der Waals surface area (Å²) < 4.78 is 25.6. The molecule has 1 aromatic carbocycles. The van der Waals surface area contributed by atoms with Crippen LogP contribution in [0, 0.1) is 0 Å². The van der Waals surface area contributed by atoms with Crippen molar-refractivity contribution in [2.24, 2.45) is 0 Å². The number of sulfone groups is 1. The maximum absolute atomic E-state index is 11.6. The Balaban J connectivity index is 1.98. The lowest BCUT2D eigenvalue weighted by molar-refractivity contribution is 0.508. The Kier molecular flexibility index (Phi) is 3.75. The van der Waals surface area contributed by atoms with Crippen LogP contribution in [0.1, 0.15) is 12.5 Å². The van der Waals surface area contributed by atoms with E-state index in [4.69, 9.17) is 17.3 Å². The fourth-order valence-corrected chi connectivity index (χ4v) is 5.06. The molecule has 0 radical (unpaired) electrons. The average Bonchev–Trinajstić information content (AvgIpc) is 2.91. The van der Waals surface area contributed by atoms with Crippen molar-refractivity contribution >= 4 is 43.2 Å². The zero-order valence-electron chi connectivity index (χ0n) is 11.0. The molecule has 0 amide bonds. The normalized spacial score (nSPS) is 20.8. The van der Waals surface area contributed by atoms with Crippen LogP contribution < -0.4 is 5.73 Å². The van der Waals surface area contributed by atoms with E-state index in [1.165, 1.54) is 0 Å². The van der Waals surface area contributed by atoms with E-state index in [0.29, 0.717) is 23.0 Å². The second kappa shape index (κ2) is 5.30. The number of nitrogen functional groups attached to an aromatic ring is 1. The predicted molar refractivity (Wildman–Crippen MR) is 87.1 cm³/mol. The fourth-order valence-electron chi connectivity index (χ4n) is 2.51. The van der Waals surface area contributed by atoms with Gasteiger partial charge in [-0.3, -0.25) is 0 Å². The SMILES string of the molecule is Nc1cc(-c2cc(Cl)cc(Br)c2)nn1C1CCS(=O)(=O)C1. The molecule has 5 nitrogen and oxygen atoms in total. The number of anilines is 1. The van der Waals surface area contributed by atoms with Crippen LogP contribution in [0.15, 0.2) is 28.7 Å². The summed E-state index contributed by atoms with van der Waals surface area (Å²) in [7, 11) is -2.97. The summed E-state index contributed by atoms with van der Waals surface area (Å²) in [4.78, 5) is 0. The Bertz CT molecular complexity index is 783. The molecular weight excluding hydrogens is 378 g/mol. The number of nitrogens with zero attached hydrogens (tertiary/aromatic N) is 2. The van der Waals surface area contributed by atoms with Gasteiger partial charge in [0.2, 0.25) is 0 Å². The molecule has 3 rings (SSSR count). The van der Waals surface area contributed by atoms with Crippen molar-refractivity contribution in [3.05, 3.63) is 33.8 Å². The first kappa shape index (κ1) is 14.9. The van der Waals surface area contributed by atoms with Crippen LogP contribution in [-0.4, -0.2) is 29.7 Å². The molecule has 1 atom stereocenters. The van der Waals surface area contributed by atoms with Crippen molar-refractivity contribution in [2.45, 2.75) is 12.5 Å². The van der Waals surface area contributed by atoms with E-state index in [9.17, 15) is 8.42 Å². The van der Waals surface area contributed by atoms with Gasteiger partial charge in [-0.15, -0.1) is 0 Å². The molecular formula is C13H13BrClN3O2S. The second-order valence-corrected chi connectivity index (χ2v) is 8.69. The number of benzene rings is 1. The minimum absolute atomic E-state index is 0.0948. The van der Waals surface area contributed by atoms with Gasteiger partial charge in [-0.1, -0.05) is 27.5 Å². The molecule has 1 fully saturated rings. The molecule has 0 spiro atoms. The average molecular weight is 391 g/mol. The highest BCUT2D eigenvalue weighted by molar-refractivity contribution is 9.10. The summed E-state index contributed by atoms with van der Waals surface area (Å²) in [5.41, 5.74) is 7.50. The summed E-state index contributed by atoms with van der Waals surface area (Å²) in [6.45, 7) is 0. The van der Waals surface area contributed by atoms with E-state index in [-0.39, 0.29) is 17.5 Å². The van der Waals surface area contributed by atoms with Crippen LogP contribution in [0.2, 0.25) is 5.02 Å². The lowest BCUT2D eigenvalue weighted by Gasteiger charge is -2.10. The van der Waals surface area contributed by atoms with Crippen LogP contribution in [0.5, 0.6) is 0 Å². The van der Waals surface area contributed by atoms with Crippen LogP contribution in [0.4, 0.5) is 5.82 Å². The van der Waals surface area contributed by atoms with Crippen molar-refractivity contribution in [1.29, 1.82) is 0 Å². The molecule has 112 valence electrons. The van der Waals surface area contributed by atoms with Gasteiger partial charge in [-0.25, -0.2) is 13.1 Å². The third-order valence-electron chi connectivity index (χ3n) is 3.48. The van der Waals surface area contributed by atoms with Crippen LogP contribution >= 0.6 is 27.5 Å². The fraction of sp³-hybridized carbons (Fsp3) is 0.308. The molecule has 1 aliphatic heterocycles. The number of hydrogen-bond acceptors (Lipinski definition) is 4. The van der Waals surface area contributed by atoms with Crippen molar-refractivity contribution in [3.8, 4) is 11.3 Å². The van der Waals surface area contributed by atoms with Crippen LogP contribution in [-0.2, 0) is 9.84 Å². The zero-order chi connectivity index (χ0) is 15.2. The number of hydrogen-bond donors (Lipinski definition) is 1. The third kappa shape index (κ3) is 3.09. The molecule has 1 unspecified atom stereocenters. The monoisotopic (exact) mass is 389 g/mol. The Labute approximate surface area is 136 Å². The molecule has 0 saturated carbocycles. The standard InChI is InChI=1S/C13H13BrClN3O2S/c14-9-3-8(4-10(15)5-9)12-6-13(16)18(17-12)11-1-2-21(19,20)7-11/h3-6,11H,1-2,7,16H2. The zero-order valence-corrected chi connectivity index (χ0v) is 14.1. The summed E-state index contributed by atoms with van der Waals surface area (Å²) >= 11 is 9.42. The van der Waals surface area contributed by atoms with Crippen molar-refractivity contribution < 1.29 is 8.42 Å². The van der Waals surface area contributed by atoms with Gasteiger partial charge >= 0.3 is 0 Å².